The van der Waals surface area contributed by atoms with Gasteiger partial charge in [0.15, 0.2) is 0 Å². The molecule has 0 unspecified atom stereocenters. The van der Waals surface area contributed by atoms with Gasteiger partial charge in [0.25, 0.3) is 0 Å². The summed E-state index contributed by atoms with van der Waals surface area (Å²) in [4.78, 5) is 11.7. The van der Waals surface area contributed by atoms with Gasteiger partial charge in [0.05, 0.1) is 0 Å². The lowest BCUT2D eigenvalue weighted by atomic mass is 10.0. The SMILES string of the molecule is O=c1oc2ccccc2c(Cc2ccccc2)c1Cl. The van der Waals surface area contributed by atoms with Crippen LogP contribution in [-0.2, 0) is 6.42 Å². The standard InChI is InChI=1S/C16H11ClO2/c17-15-13(10-11-6-2-1-3-7-11)12-8-4-5-9-14(12)19-16(15)18/h1-9H,10H2. The molecule has 0 fully saturated rings. The first kappa shape index (κ1) is 12.0. The van der Waals surface area contributed by atoms with Gasteiger partial charge in [-0.1, -0.05) is 60.1 Å². The average Bonchev–Trinajstić information content (AvgIpc) is 2.45. The lowest BCUT2D eigenvalue weighted by Gasteiger charge is -2.07. The van der Waals surface area contributed by atoms with Crippen LogP contribution in [0.25, 0.3) is 11.0 Å². The Morgan fingerprint density at radius 3 is 2.42 bits per heavy atom. The molecule has 19 heavy (non-hydrogen) atoms. The third-order valence-corrected chi connectivity index (χ3v) is 3.47. The number of hydrogen-bond acceptors (Lipinski definition) is 2. The molecule has 1 heterocycles. The fourth-order valence-corrected chi connectivity index (χ4v) is 2.37. The Kier molecular flexibility index (Phi) is 3.10. The second-order valence-corrected chi connectivity index (χ2v) is 4.72. The first-order valence-electron chi connectivity index (χ1n) is 6.00. The van der Waals surface area contributed by atoms with E-state index in [0.717, 1.165) is 16.5 Å². The van der Waals surface area contributed by atoms with Crippen LogP contribution in [0.3, 0.4) is 0 Å². The Morgan fingerprint density at radius 1 is 0.947 bits per heavy atom. The molecule has 2 nitrogen and oxygen atoms in total. The van der Waals surface area contributed by atoms with E-state index < -0.39 is 5.63 Å². The van der Waals surface area contributed by atoms with Gasteiger partial charge in [-0.2, -0.15) is 0 Å². The lowest BCUT2D eigenvalue weighted by molar-refractivity contribution is 0.559. The van der Waals surface area contributed by atoms with Crippen molar-refractivity contribution in [1.29, 1.82) is 0 Å². The summed E-state index contributed by atoms with van der Waals surface area (Å²) in [6, 6.07) is 17.4. The number of halogens is 1. The van der Waals surface area contributed by atoms with E-state index in [1.54, 1.807) is 6.07 Å². The second-order valence-electron chi connectivity index (χ2n) is 4.34. The lowest BCUT2D eigenvalue weighted by Crippen LogP contribution is -2.04. The number of para-hydroxylation sites is 1. The predicted octanol–water partition coefficient (Wildman–Crippen LogP) is 4.04. The Balaban J connectivity index is 2.22. The molecule has 0 bridgehead atoms. The van der Waals surface area contributed by atoms with E-state index in [9.17, 15) is 4.79 Å². The summed E-state index contributed by atoms with van der Waals surface area (Å²) in [6.45, 7) is 0. The van der Waals surface area contributed by atoms with Gasteiger partial charge in [0.1, 0.15) is 10.6 Å². The molecule has 1 aromatic heterocycles. The maximum atomic E-state index is 11.7. The van der Waals surface area contributed by atoms with Crippen molar-refractivity contribution in [1.82, 2.24) is 0 Å². The average molecular weight is 271 g/mol. The minimum Gasteiger partial charge on any atom is -0.422 e. The van der Waals surface area contributed by atoms with E-state index in [-0.39, 0.29) is 5.02 Å². The molecular formula is C16H11ClO2. The van der Waals surface area contributed by atoms with Crippen molar-refractivity contribution in [2.45, 2.75) is 6.42 Å². The summed E-state index contributed by atoms with van der Waals surface area (Å²) in [5, 5.41) is 1.05. The van der Waals surface area contributed by atoms with Crippen LogP contribution < -0.4 is 5.63 Å². The maximum Gasteiger partial charge on any atom is 0.355 e. The molecule has 0 aliphatic carbocycles. The van der Waals surface area contributed by atoms with Crippen molar-refractivity contribution in [3.8, 4) is 0 Å². The van der Waals surface area contributed by atoms with Gasteiger partial charge in [-0.25, -0.2) is 4.79 Å². The number of fused-ring (bicyclic) bond motifs is 1. The van der Waals surface area contributed by atoms with Crippen LogP contribution >= 0.6 is 11.6 Å². The van der Waals surface area contributed by atoms with Gasteiger partial charge in [-0.15, -0.1) is 0 Å². The third kappa shape index (κ3) is 2.27. The number of benzene rings is 2. The van der Waals surface area contributed by atoms with Crippen molar-refractivity contribution in [3.63, 3.8) is 0 Å². The van der Waals surface area contributed by atoms with Crippen LogP contribution in [0.5, 0.6) is 0 Å². The third-order valence-electron chi connectivity index (χ3n) is 3.08. The fraction of sp³-hybridized carbons (Fsp3) is 0.0625. The summed E-state index contributed by atoms with van der Waals surface area (Å²) in [5.74, 6) is 0. The van der Waals surface area contributed by atoms with E-state index in [2.05, 4.69) is 0 Å². The van der Waals surface area contributed by atoms with Gasteiger partial charge in [-0.3, -0.25) is 0 Å². The molecule has 3 aromatic rings. The zero-order valence-corrected chi connectivity index (χ0v) is 10.9. The van der Waals surface area contributed by atoms with E-state index >= 15 is 0 Å². The maximum absolute atomic E-state index is 11.7. The highest BCUT2D eigenvalue weighted by Crippen LogP contribution is 2.25. The summed E-state index contributed by atoms with van der Waals surface area (Å²) in [7, 11) is 0. The van der Waals surface area contributed by atoms with Crippen molar-refractivity contribution >= 4 is 22.6 Å². The molecule has 0 atom stereocenters. The summed E-state index contributed by atoms with van der Waals surface area (Å²) in [5.41, 5.74) is 2.02. The predicted molar refractivity (Wildman–Crippen MR) is 76.7 cm³/mol. The molecule has 0 N–H and O–H groups in total. The highest BCUT2D eigenvalue weighted by molar-refractivity contribution is 6.31. The molecule has 2 aromatic carbocycles. The molecular weight excluding hydrogens is 260 g/mol. The Labute approximate surface area is 115 Å². The summed E-state index contributed by atoms with van der Waals surface area (Å²) in [6.07, 6.45) is 0.617. The summed E-state index contributed by atoms with van der Waals surface area (Å²) < 4.78 is 5.18. The molecule has 0 aliphatic rings. The van der Waals surface area contributed by atoms with Crippen molar-refractivity contribution in [3.05, 3.63) is 81.2 Å². The van der Waals surface area contributed by atoms with Crippen LogP contribution in [-0.4, -0.2) is 0 Å². The molecule has 0 aliphatic heterocycles. The van der Waals surface area contributed by atoms with Gasteiger partial charge >= 0.3 is 5.63 Å². The topological polar surface area (TPSA) is 30.2 Å². The fourth-order valence-electron chi connectivity index (χ4n) is 2.16. The van der Waals surface area contributed by atoms with E-state index in [1.165, 1.54) is 0 Å². The largest absolute Gasteiger partial charge is 0.422 e. The van der Waals surface area contributed by atoms with Crippen LogP contribution in [0.2, 0.25) is 5.02 Å². The molecule has 0 amide bonds. The van der Waals surface area contributed by atoms with E-state index in [4.69, 9.17) is 16.0 Å². The van der Waals surface area contributed by atoms with Crippen LogP contribution in [0, 0.1) is 0 Å². The first-order chi connectivity index (χ1) is 9.25. The number of hydrogen-bond donors (Lipinski definition) is 0. The van der Waals surface area contributed by atoms with Gasteiger partial charge < -0.3 is 4.42 Å². The molecule has 3 rings (SSSR count). The van der Waals surface area contributed by atoms with Crippen molar-refractivity contribution in [2.24, 2.45) is 0 Å². The van der Waals surface area contributed by atoms with Gasteiger partial charge in [0.2, 0.25) is 0 Å². The minimum atomic E-state index is -0.480. The highest BCUT2D eigenvalue weighted by atomic mass is 35.5. The van der Waals surface area contributed by atoms with Crippen LogP contribution in [0.15, 0.2) is 63.8 Å². The Morgan fingerprint density at radius 2 is 1.63 bits per heavy atom. The first-order valence-corrected chi connectivity index (χ1v) is 6.37. The van der Waals surface area contributed by atoms with Crippen LogP contribution in [0.4, 0.5) is 0 Å². The van der Waals surface area contributed by atoms with E-state index in [0.29, 0.717) is 12.0 Å². The zero-order chi connectivity index (χ0) is 13.2. The van der Waals surface area contributed by atoms with Crippen molar-refractivity contribution < 1.29 is 4.42 Å². The molecule has 0 saturated heterocycles. The highest BCUT2D eigenvalue weighted by Gasteiger charge is 2.12. The molecule has 0 radical (unpaired) electrons. The minimum absolute atomic E-state index is 0.169. The summed E-state index contributed by atoms with van der Waals surface area (Å²) >= 11 is 6.12. The van der Waals surface area contributed by atoms with Gasteiger partial charge in [0, 0.05) is 5.39 Å². The number of rotatable bonds is 2. The second kappa shape index (κ2) is 4.90. The normalized spacial score (nSPS) is 10.8. The molecule has 0 saturated carbocycles. The van der Waals surface area contributed by atoms with Crippen molar-refractivity contribution in [2.75, 3.05) is 0 Å². The van der Waals surface area contributed by atoms with Crippen LogP contribution in [0.1, 0.15) is 11.1 Å². The Hall–Kier alpha value is -2.06. The van der Waals surface area contributed by atoms with E-state index in [1.807, 2.05) is 48.5 Å². The van der Waals surface area contributed by atoms with Gasteiger partial charge in [-0.05, 0) is 23.6 Å². The molecule has 94 valence electrons. The molecule has 0 spiro atoms. The smallest absolute Gasteiger partial charge is 0.355 e. The monoisotopic (exact) mass is 270 g/mol. The quantitative estimate of drug-likeness (QED) is 0.658. The Bertz CT molecular complexity index is 776. The molecule has 3 heteroatoms. The zero-order valence-electron chi connectivity index (χ0n) is 10.1.